The predicted molar refractivity (Wildman–Crippen MR) is 143 cm³/mol. The van der Waals surface area contributed by atoms with Gasteiger partial charge in [0, 0.05) is 45.0 Å². The number of benzene rings is 2. The van der Waals surface area contributed by atoms with Gasteiger partial charge >= 0.3 is 0 Å². The number of carbonyl (C=O) groups is 1. The van der Waals surface area contributed by atoms with E-state index in [1.165, 1.54) is 12.8 Å². The summed E-state index contributed by atoms with van der Waals surface area (Å²) in [5.74, 6) is 0.718. The van der Waals surface area contributed by atoms with Crippen LogP contribution in [0.25, 0.3) is 22.6 Å². The van der Waals surface area contributed by atoms with Crippen molar-refractivity contribution in [1.82, 2.24) is 14.5 Å². The van der Waals surface area contributed by atoms with Crippen molar-refractivity contribution in [3.8, 4) is 0 Å². The summed E-state index contributed by atoms with van der Waals surface area (Å²) in [6.07, 6.45) is 6.82. The Hall–Kier alpha value is -3.45. The molecule has 1 saturated heterocycles. The van der Waals surface area contributed by atoms with Crippen molar-refractivity contribution in [1.29, 1.82) is 0 Å². The van der Waals surface area contributed by atoms with Crippen molar-refractivity contribution < 1.29 is 4.79 Å². The zero-order valence-corrected chi connectivity index (χ0v) is 20.6. The molecule has 0 unspecified atom stereocenters. The summed E-state index contributed by atoms with van der Waals surface area (Å²) in [6.45, 7) is 3.62. The second kappa shape index (κ2) is 10.0. The first kappa shape index (κ1) is 23.3. The number of nitrogens with zero attached hydrogens (tertiary/aromatic N) is 4. The fourth-order valence-electron chi connectivity index (χ4n) is 4.99. The highest BCUT2D eigenvalue weighted by molar-refractivity contribution is 5.94. The minimum atomic E-state index is -0.0227. The highest BCUT2D eigenvalue weighted by Crippen LogP contribution is 2.28. The van der Waals surface area contributed by atoms with Crippen LogP contribution in [-0.4, -0.2) is 54.1 Å². The van der Waals surface area contributed by atoms with Crippen molar-refractivity contribution in [3.63, 3.8) is 0 Å². The lowest BCUT2D eigenvalue weighted by Crippen LogP contribution is -2.28. The average Bonchev–Trinajstić information content (AvgIpc) is 3.37. The van der Waals surface area contributed by atoms with Crippen LogP contribution >= 0.6 is 0 Å². The second-order valence-corrected chi connectivity index (χ2v) is 9.73. The molecule has 5 rings (SSSR count). The summed E-state index contributed by atoms with van der Waals surface area (Å²) < 4.78 is 1.79. The average molecular weight is 472 g/mol. The zero-order chi connectivity index (χ0) is 24.4. The molecule has 2 aliphatic heterocycles. The number of amides is 1. The molecule has 1 fully saturated rings. The molecule has 1 amide bonds. The van der Waals surface area contributed by atoms with Crippen LogP contribution in [0.2, 0.25) is 0 Å². The van der Waals surface area contributed by atoms with Crippen LogP contribution in [0.1, 0.15) is 43.5 Å². The number of hydrogen-bond acceptors (Lipinski definition) is 5. The van der Waals surface area contributed by atoms with Crippen molar-refractivity contribution in [2.75, 3.05) is 43.9 Å². The minimum absolute atomic E-state index is 0.00677. The monoisotopic (exact) mass is 471 g/mol. The molecule has 1 N–H and O–H groups in total. The Morgan fingerprint density at radius 2 is 1.83 bits per heavy atom. The number of hydrogen-bond donors (Lipinski definition) is 1. The molecular weight excluding hydrogens is 438 g/mol. The fraction of sp³-hybridized carbons (Fsp3) is 0.393. The Balaban J connectivity index is 1.41. The third-order valence-electron chi connectivity index (χ3n) is 6.96. The van der Waals surface area contributed by atoms with Gasteiger partial charge in [0.1, 0.15) is 5.82 Å². The topological polar surface area (TPSA) is 70.5 Å². The molecule has 2 aliphatic rings. The largest absolute Gasteiger partial charge is 0.378 e. The van der Waals surface area contributed by atoms with Crippen LogP contribution in [0.4, 0.5) is 11.4 Å². The zero-order valence-electron chi connectivity index (χ0n) is 20.6. The smallest absolute Gasteiger partial charge is 0.261 e. The molecule has 3 heterocycles. The number of allylic oxidation sites excluding steroid dienone is 1. The van der Waals surface area contributed by atoms with Gasteiger partial charge in [-0.25, -0.2) is 4.98 Å². The first-order valence-electron chi connectivity index (χ1n) is 12.5. The van der Waals surface area contributed by atoms with Gasteiger partial charge in [0.15, 0.2) is 0 Å². The highest BCUT2D eigenvalue weighted by atomic mass is 16.1. The molecule has 1 aromatic heterocycles. The molecule has 3 aromatic rings. The van der Waals surface area contributed by atoms with Crippen LogP contribution in [0.15, 0.2) is 47.3 Å². The molecule has 7 nitrogen and oxygen atoms in total. The van der Waals surface area contributed by atoms with E-state index in [-0.39, 0.29) is 11.5 Å². The normalized spacial score (nSPS) is 17.0. The lowest BCUT2D eigenvalue weighted by Gasteiger charge is -2.21. The van der Waals surface area contributed by atoms with Gasteiger partial charge in [-0.1, -0.05) is 12.1 Å². The molecule has 35 heavy (non-hydrogen) atoms. The molecule has 2 aromatic carbocycles. The standard InChI is InChI=1S/C28H33N5O2/c1-31(2)23-10-7-20(8-11-23)18-21-6-5-16-33-27(21)30-25-19-22(9-12-24(25)28(33)35)29-26(34)13-17-32-14-3-4-15-32/h7-12,18-19H,3-6,13-17H2,1-2H3,(H,29,34)/b21-18+. The fourth-order valence-corrected chi connectivity index (χ4v) is 4.99. The van der Waals surface area contributed by atoms with Gasteiger partial charge in [-0.05, 0) is 86.3 Å². The van der Waals surface area contributed by atoms with E-state index in [0.29, 0.717) is 29.6 Å². The van der Waals surface area contributed by atoms with Gasteiger partial charge in [-0.2, -0.15) is 0 Å². The van der Waals surface area contributed by atoms with Crippen LogP contribution in [0.5, 0.6) is 0 Å². The first-order valence-corrected chi connectivity index (χ1v) is 12.5. The molecule has 7 heteroatoms. The summed E-state index contributed by atoms with van der Waals surface area (Å²) in [5.41, 5.74) is 4.58. The van der Waals surface area contributed by atoms with Crippen LogP contribution < -0.4 is 15.8 Å². The molecule has 0 aliphatic carbocycles. The predicted octanol–water partition coefficient (Wildman–Crippen LogP) is 4.22. The first-order chi connectivity index (χ1) is 17.0. The molecule has 0 atom stereocenters. The van der Waals surface area contributed by atoms with E-state index in [9.17, 15) is 9.59 Å². The Kier molecular flexibility index (Phi) is 6.68. The van der Waals surface area contributed by atoms with Gasteiger partial charge < -0.3 is 15.1 Å². The Bertz CT molecular complexity index is 1320. The number of likely N-dealkylation sites (tertiary alicyclic amines) is 1. The highest BCUT2D eigenvalue weighted by Gasteiger charge is 2.19. The Labute approximate surface area is 206 Å². The van der Waals surface area contributed by atoms with Gasteiger partial charge in [-0.3, -0.25) is 14.2 Å². The number of carbonyl (C=O) groups excluding carboxylic acids is 1. The van der Waals surface area contributed by atoms with E-state index in [1.54, 1.807) is 16.7 Å². The third kappa shape index (κ3) is 5.15. The Morgan fingerprint density at radius 1 is 1.06 bits per heavy atom. The number of aromatic nitrogens is 2. The number of rotatable bonds is 6. The molecule has 182 valence electrons. The maximum Gasteiger partial charge on any atom is 0.261 e. The maximum absolute atomic E-state index is 13.3. The lowest BCUT2D eigenvalue weighted by molar-refractivity contribution is -0.116. The minimum Gasteiger partial charge on any atom is -0.378 e. The summed E-state index contributed by atoms with van der Waals surface area (Å²) in [4.78, 5) is 35.1. The molecular formula is C28H33N5O2. The summed E-state index contributed by atoms with van der Waals surface area (Å²) >= 11 is 0. The third-order valence-corrected chi connectivity index (χ3v) is 6.96. The van der Waals surface area contributed by atoms with E-state index in [4.69, 9.17) is 4.98 Å². The van der Waals surface area contributed by atoms with Crippen LogP contribution in [0.3, 0.4) is 0 Å². The second-order valence-electron chi connectivity index (χ2n) is 9.73. The van der Waals surface area contributed by atoms with E-state index in [0.717, 1.165) is 55.1 Å². The number of nitrogens with one attached hydrogen (secondary N) is 1. The van der Waals surface area contributed by atoms with Crippen molar-refractivity contribution in [3.05, 3.63) is 64.2 Å². The number of anilines is 2. The Morgan fingerprint density at radius 3 is 2.57 bits per heavy atom. The maximum atomic E-state index is 13.3. The molecule has 0 spiro atoms. The molecule has 0 bridgehead atoms. The van der Waals surface area contributed by atoms with Crippen LogP contribution in [-0.2, 0) is 11.3 Å². The van der Waals surface area contributed by atoms with Crippen molar-refractivity contribution >= 4 is 39.8 Å². The summed E-state index contributed by atoms with van der Waals surface area (Å²) in [6, 6.07) is 13.8. The molecule has 0 radical (unpaired) electrons. The SMILES string of the molecule is CN(C)c1ccc(/C=C2\CCCn3c2nc2cc(NC(=O)CCN4CCCC4)ccc2c3=O)cc1. The van der Waals surface area contributed by atoms with E-state index >= 15 is 0 Å². The summed E-state index contributed by atoms with van der Waals surface area (Å²) in [7, 11) is 4.05. The van der Waals surface area contributed by atoms with Crippen molar-refractivity contribution in [2.24, 2.45) is 0 Å². The van der Waals surface area contributed by atoms with E-state index < -0.39 is 0 Å². The van der Waals surface area contributed by atoms with Gasteiger partial charge in [-0.15, -0.1) is 0 Å². The molecule has 0 saturated carbocycles. The van der Waals surface area contributed by atoms with E-state index in [2.05, 4.69) is 45.5 Å². The summed E-state index contributed by atoms with van der Waals surface area (Å²) in [5, 5.41) is 3.57. The van der Waals surface area contributed by atoms with Gasteiger partial charge in [0.25, 0.3) is 5.56 Å². The van der Waals surface area contributed by atoms with Gasteiger partial charge in [0.2, 0.25) is 5.91 Å². The van der Waals surface area contributed by atoms with Gasteiger partial charge in [0.05, 0.1) is 10.9 Å². The lowest BCUT2D eigenvalue weighted by atomic mass is 10.0. The van der Waals surface area contributed by atoms with Crippen LogP contribution in [0, 0.1) is 0 Å². The quantitative estimate of drug-likeness (QED) is 0.583. The van der Waals surface area contributed by atoms with Crippen molar-refractivity contribution in [2.45, 2.75) is 38.6 Å². The van der Waals surface area contributed by atoms with E-state index in [1.807, 2.05) is 20.2 Å². The number of fused-ring (bicyclic) bond motifs is 2.